The Kier molecular flexibility index (Phi) is 7.46. The van der Waals surface area contributed by atoms with E-state index in [0.29, 0.717) is 29.1 Å². The van der Waals surface area contributed by atoms with Crippen molar-refractivity contribution in [2.24, 2.45) is 5.73 Å². The van der Waals surface area contributed by atoms with Crippen molar-refractivity contribution in [2.45, 2.75) is 37.5 Å². The summed E-state index contributed by atoms with van der Waals surface area (Å²) in [6, 6.07) is 13.7. The summed E-state index contributed by atoms with van der Waals surface area (Å²) < 4.78 is 27.4. The van der Waals surface area contributed by atoms with Gasteiger partial charge in [-0.1, -0.05) is 44.0 Å². The lowest BCUT2D eigenvalue weighted by atomic mass is 10.1. The Morgan fingerprint density at radius 2 is 1.52 bits per heavy atom. The van der Waals surface area contributed by atoms with Crippen LogP contribution in [0.5, 0.6) is 0 Å². The number of nitrogens with zero attached hydrogens (tertiary/aromatic N) is 2. The molecule has 1 aliphatic heterocycles. The number of piperazine rings is 1. The molecule has 0 radical (unpaired) electrons. The van der Waals surface area contributed by atoms with Gasteiger partial charge in [0, 0.05) is 37.3 Å². The maximum Gasteiger partial charge on any atom is 0.253 e. The van der Waals surface area contributed by atoms with Crippen LogP contribution in [0.25, 0.3) is 0 Å². The summed E-state index contributed by atoms with van der Waals surface area (Å²) in [5.74, 6) is -0.199. The number of aryl methyl sites for hydroxylation is 1. The summed E-state index contributed by atoms with van der Waals surface area (Å²) in [7, 11) is -3.57. The molecule has 8 heteroatoms. The lowest BCUT2D eigenvalue weighted by Crippen LogP contribution is -2.50. The van der Waals surface area contributed by atoms with Crippen molar-refractivity contribution in [3.05, 3.63) is 65.2 Å². The zero-order valence-electron chi connectivity index (χ0n) is 17.9. The van der Waals surface area contributed by atoms with Gasteiger partial charge < -0.3 is 10.6 Å². The van der Waals surface area contributed by atoms with Gasteiger partial charge in [-0.3, -0.25) is 10.2 Å². The second kappa shape index (κ2) is 10.1. The number of nitrogen functional groups attached to an aromatic ring is 1. The van der Waals surface area contributed by atoms with Crippen LogP contribution in [0.1, 0.15) is 47.7 Å². The third kappa shape index (κ3) is 5.51. The van der Waals surface area contributed by atoms with Gasteiger partial charge in [0.25, 0.3) is 5.91 Å². The minimum absolute atomic E-state index is 0.0492. The van der Waals surface area contributed by atoms with E-state index in [1.54, 1.807) is 41.3 Å². The van der Waals surface area contributed by atoms with Crippen LogP contribution in [0.3, 0.4) is 0 Å². The average Bonchev–Trinajstić information content (AvgIpc) is 2.79. The van der Waals surface area contributed by atoms with Gasteiger partial charge in [-0.15, -0.1) is 0 Å². The molecule has 7 nitrogen and oxygen atoms in total. The zero-order chi connectivity index (χ0) is 22.4. The van der Waals surface area contributed by atoms with Crippen molar-refractivity contribution in [1.82, 2.24) is 9.21 Å². The highest BCUT2D eigenvalue weighted by Crippen LogP contribution is 2.20. The van der Waals surface area contributed by atoms with E-state index < -0.39 is 10.0 Å². The van der Waals surface area contributed by atoms with Gasteiger partial charge in [0.15, 0.2) is 0 Å². The number of hydrogen-bond donors (Lipinski definition) is 2. The van der Waals surface area contributed by atoms with Crippen molar-refractivity contribution in [1.29, 1.82) is 5.41 Å². The van der Waals surface area contributed by atoms with Crippen LogP contribution in [-0.2, 0) is 16.4 Å². The largest absolute Gasteiger partial charge is 0.384 e. The molecule has 3 rings (SSSR count). The molecule has 1 amide bonds. The number of sulfonamides is 1. The van der Waals surface area contributed by atoms with Crippen molar-refractivity contribution in [3.63, 3.8) is 0 Å². The second-order valence-corrected chi connectivity index (χ2v) is 9.73. The number of amides is 1. The lowest BCUT2D eigenvalue weighted by molar-refractivity contribution is 0.0698. The first kappa shape index (κ1) is 23.0. The summed E-state index contributed by atoms with van der Waals surface area (Å²) in [6.45, 7) is 3.35. The number of nitrogens with one attached hydrogen (secondary N) is 1. The quantitative estimate of drug-likeness (QED) is 0.372. The van der Waals surface area contributed by atoms with Gasteiger partial charge >= 0.3 is 0 Å². The number of rotatable bonds is 8. The molecule has 3 N–H and O–H groups in total. The molecule has 2 aromatic carbocycles. The fraction of sp³-hybridized carbons (Fsp3) is 0.391. The summed E-state index contributed by atoms with van der Waals surface area (Å²) >= 11 is 0. The molecule has 0 unspecified atom stereocenters. The van der Waals surface area contributed by atoms with Crippen LogP contribution >= 0.6 is 0 Å². The number of carbonyl (C=O) groups is 1. The van der Waals surface area contributed by atoms with E-state index >= 15 is 0 Å². The topological polar surface area (TPSA) is 108 Å². The Balaban J connectivity index is 1.60. The molecule has 1 heterocycles. The molecule has 0 aromatic heterocycles. The van der Waals surface area contributed by atoms with Crippen LogP contribution in [0, 0.1) is 5.41 Å². The molecule has 0 bridgehead atoms. The molecule has 2 aromatic rings. The molecule has 0 saturated carbocycles. The predicted molar refractivity (Wildman–Crippen MR) is 122 cm³/mol. The van der Waals surface area contributed by atoms with Crippen molar-refractivity contribution < 1.29 is 13.2 Å². The van der Waals surface area contributed by atoms with Gasteiger partial charge in [0.1, 0.15) is 5.84 Å². The average molecular weight is 443 g/mol. The monoisotopic (exact) mass is 442 g/mol. The first-order valence-corrected chi connectivity index (χ1v) is 12.1. The van der Waals surface area contributed by atoms with Gasteiger partial charge in [-0.05, 0) is 42.7 Å². The summed E-state index contributed by atoms with van der Waals surface area (Å²) in [6.07, 6.45) is 4.40. The molecule has 0 atom stereocenters. The Hall–Kier alpha value is -2.71. The van der Waals surface area contributed by atoms with Crippen molar-refractivity contribution in [2.75, 3.05) is 26.2 Å². The summed E-state index contributed by atoms with van der Waals surface area (Å²) in [4.78, 5) is 14.7. The lowest BCUT2D eigenvalue weighted by Gasteiger charge is -2.34. The SMILES string of the molecule is CCCCCc1ccc(S(=O)(=O)N2CCN(C(=O)c3ccc(C(=N)N)cc3)CC2)cc1. The minimum atomic E-state index is -3.57. The molecule has 0 spiro atoms. The first-order chi connectivity index (χ1) is 14.8. The van der Waals surface area contributed by atoms with Crippen LogP contribution in [0.15, 0.2) is 53.4 Å². The zero-order valence-corrected chi connectivity index (χ0v) is 18.7. The number of hydrogen-bond acceptors (Lipinski definition) is 4. The normalized spacial score (nSPS) is 15.1. The van der Waals surface area contributed by atoms with Crippen LogP contribution < -0.4 is 5.73 Å². The molecule has 166 valence electrons. The first-order valence-electron chi connectivity index (χ1n) is 10.7. The van der Waals surface area contributed by atoms with Gasteiger partial charge in [-0.25, -0.2) is 8.42 Å². The highest BCUT2D eigenvalue weighted by atomic mass is 32.2. The predicted octanol–water partition coefficient (Wildman–Crippen LogP) is 2.85. The van der Waals surface area contributed by atoms with E-state index in [0.717, 1.165) is 24.8 Å². The number of benzene rings is 2. The van der Waals surface area contributed by atoms with Gasteiger partial charge in [-0.2, -0.15) is 4.31 Å². The molecular formula is C23H30N4O3S. The summed E-state index contributed by atoms with van der Waals surface area (Å²) in [5, 5.41) is 7.43. The molecule has 1 fully saturated rings. The Bertz CT molecular complexity index is 1010. The third-order valence-corrected chi connectivity index (χ3v) is 7.51. The van der Waals surface area contributed by atoms with Crippen LogP contribution in [0.2, 0.25) is 0 Å². The molecule has 0 aliphatic carbocycles. The highest BCUT2D eigenvalue weighted by Gasteiger charge is 2.30. The number of nitrogens with two attached hydrogens (primary N) is 1. The fourth-order valence-electron chi connectivity index (χ4n) is 3.66. The smallest absolute Gasteiger partial charge is 0.253 e. The molecular weight excluding hydrogens is 412 g/mol. The number of unbranched alkanes of at least 4 members (excludes halogenated alkanes) is 2. The number of carbonyl (C=O) groups excluding carboxylic acids is 1. The van der Waals surface area contributed by atoms with Crippen LogP contribution in [0.4, 0.5) is 0 Å². The fourth-order valence-corrected chi connectivity index (χ4v) is 5.08. The Morgan fingerprint density at radius 3 is 2.06 bits per heavy atom. The van der Waals surface area contributed by atoms with Crippen molar-refractivity contribution in [3.8, 4) is 0 Å². The second-order valence-electron chi connectivity index (χ2n) is 7.79. The van der Waals surface area contributed by atoms with E-state index in [9.17, 15) is 13.2 Å². The number of amidine groups is 1. The van der Waals surface area contributed by atoms with Gasteiger partial charge in [0.2, 0.25) is 10.0 Å². The van der Waals surface area contributed by atoms with E-state index in [1.165, 1.54) is 10.7 Å². The Morgan fingerprint density at radius 1 is 0.935 bits per heavy atom. The van der Waals surface area contributed by atoms with E-state index in [2.05, 4.69) is 6.92 Å². The van der Waals surface area contributed by atoms with Crippen molar-refractivity contribution >= 4 is 21.8 Å². The molecule has 31 heavy (non-hydrogen) atoms. The molecule has 1 aliphatic rings. The van der Waals surface area contributed by atoms with E-state index in [4.69, 9.17) is 11.1 Å². The maximum atomic E-state index is 13.0. The van der Waals surface area contributed by atoms with E-state index in [1.807, 2.05) is 12.1 Å². The third-order valence-electron chi connectivity index (χ3n) is 5.60. The minimum Gasteiger partial charge on any atom is -0.384 e. The Labute approximate surface area is 184 Å². The maximum absolute atomic E-state index is 13.0. The van der Waals surface area contributed by atoms with Crippen LogP contribution in [-0.4, -0.2) is 55.5 Å². The summed E-state index contributed by atoms with van der Waals surface area (Å²) in [5.41, 5.74) is 7.66. The van der Waals surface area contributed by atoms with E-state index in [-0.39, 0.29) is 24.8 Å². The standard InChI is InChI=1S/C23H30N4O3S/c1-2-3-4-5-18-6-12-21(13-7-18)31(29,30)27-16-14-26(15-17-27)23(28)20-10-8-19(9-11-20)22(24)25/h6-13H,2-5,14-17H2,1H3,(H3,24,25). The van der Waals surface area contributed by atoms with Gasteiger partial charge in [0.05, 0.1) is 4.90 Å². The highest BCUT2D eigenvalue weighted by molar-refractivity contribution is 7.89. The molecule has 1 saturated heterocycles.